The summed E-state index contributed by atoms with van der Waals surface area (Å²) in [5.41, 5.74) is 7.08. The molecule has 10 heteroatoms. The van der Waals surface area contributed by atoms with Crippen LogP contribution in [-0.4, -0.2) is 29.6 Å². The Hall–Kier alpha value is -3.01. The van der Waals surface area contributed by atoms with E-state index in [-0.39, 0.29) is 23.1 Å². The number of nitrogens with one attached hydrogen (secondary N) is 1. The van der Waals surface area contributed by atoms with Crippen molar-refractivity contribution in [3.63, 3.8) is 0 Å². The second-order valence-electron chi connectivity index (χ2n) is 5.35. The van der Waals surface area contributed by atoms with Crippen molar-refractivity contribution in [3.05, 3.63) is 52.2 Å². The summed E-state index contributed by atoms with van der Waals surface area (Å²) in [5, 5.41) is 0. The van der Waals surface area contributed by atoms with Gasteiger partial charge in [-0.2, -0.15) is 4.36 Å². The van der Waals surface area contributed by atoms with Gasteiger partial charge in [0.15, 0.2) is 11.5 Å². The van der Waals surface area contributed by atoms with Crippen LogP contribution < -0.4 is 11.4 Å². The summed E-state index contributed by atoms with van der Waals surface area (Å²) in [7, 11) is -2.17. The molecule has 2 heterocycles. The molecule has 0 aliphatic carbocycles. The van der Waals surface area contributed by atoms with Gasteiger partial charge in [-0.3, -0.25) is 13.6 Å². The first kappa shape index (κ1) is 16.8. The van der Waals surface area contributed by atoms with E-state index in [0.717, 1.165) is 5.56 Å². The molecule has 0 spiro atoms. The van der Waals surface area contributed by atoms with Gasteiger partial charge in [-0.05, 0) is 5.56 Å². The summed E-state index contributed by atoms with van der Waals surface area (Å²) in [6, 6.07) is 9.41. The molecule has 130 valence electrons. The van der Waals surface area contributed by atoms with Crippen LogP contribution in [0.2, 0.25) is 0 Å². The average molecular weight is 360 g/mol. The number of nitrogen functional groups attached to an aromatic ring is 1. The summed E-state index contributed by atoms with van der Waals surface area (Å²) in [6.45, 7) is 1.52. The minimum absolute atomic E-state index is 0.0788. The molecule has 0 bridgehead atoms. The third kappa shape index (κ3) is 3.74. The Morgan fingerprint density at radius 3 is 2.72 bits per heavy atom. The summed E-state index contributed by atoms with van der Waals surface area (Å²) < 4.78 is 16.7. The predicted octanol–water partition coefficient (Wildman–Crippen LogP) is 0.461. The largest absolute Gasteiger partial charge is 0.382 e. The Bertz CT molecular complexity index is 1080. The van der Waals surface area contributed by atoms with E-state index < -0.39 is 16.5 Å². The van der Waals surface area contributed by atoms with Crippen LogP contribution in [0.3, 0.4) is 0 Å². The van der Waals surface area contributed by atoms with Gasteiger partial charge >= 0.3 is 5.69 Å². The number of nitrogens with zero attached hydrogens (tertiary/aromatic N) is 4. The number of nitrogens with two attached hydrogens (primary N) is 1. The Morgan fingerprint density at radius 2 is 2.04 bits per heavy atom. The molecule has 0 radical (unpaired) electrons. The molecule has 0 aliphatic heterocycles. The number of imidazole rings is 1. The van der Waals surface area contributed by atoms with Crippen LogP contribution in [0.25, 0.3) is 11.2 Å². The number of anilines is 1. The first-order valence-corrected chi connectivity index (χ1v) is 8.79. The van der Waals surface area contributed by atoms with Crippen LogP contribution in [0.4, 0.5) is 5.82 Å². The van der Waals surface area contributed by atoms with E-state index in [1.807, 2.05) is 30.3 Å². The fourth-order valence-corrected chi connectivity index (χ4v) is 3.16. The zero-order chi connectivity index (χ0) is 18.0. The standard InChI is InChI=1S/C15H16N6O3S/c1-9(22)20-25(24)8-11-17-13(16)12-14(18-11)21(15(23)19-12)7-10-5-3-2-4-6-10/h2-6,25H,7-8H2,1H3,(H,19,23)(H2,16,17,18). The van der Waals surface area contributed by atoms with Gasteiger partial charge in [0.1, 0.15) is 11.3 Å². The smallest absolute Gasteiger partial charge is 0.328 e. The Labute approximate surface area is 144 Å². The van der Waals surface area contributed by atoms with Crippen LogP contribution in [0.15, 0.2) is 39.5 Å². The maximum Gasteiger partial charge on any atom is 0.328 e. The molecule has 0 fully saturated rings. The molecule has 1 amide bonds. The molecule has 0 aliphatic rings. The summed E-state index contributed by atoms with van der Waals surface area (Å²) in [6.07, 6.45) is 0. The van der Waals surface area contributed by atoms with E-state index >= 15 is 0 Å². The van der Waals surface area contributed by atoms with Crippen molar-refractivity contribution in [3.8, 4) is 0 Å². The number of carbonyl (C=O) groups is 1. The highest BCUT2D eigenvalue weighted by atomic mass is 32.2. The lowest BCUT2D eigenvalue weighted by Crippen LogP contribution is -2.17. The molecule has 3 rings (SSSR count). The Morgan fingerprint density at radius 1 is 1.32 bits per heavy atom. The van der Waals surface area contributed by atoms with Crippen molar-refractivity contribution in [2.24, 2.45) is 4.36 Å². The molecule has 3 N–H and O–H groups in total. The SMILES string of the molecule is CC(=O)/N=[SH](=O)/Cc1nc(N)c2[nH]c(=O)n(Cc3ccccc3)c2n1. The molecule has 25 heavy (non-hydrogen) atoms. The van der Waals surface area contributed by atoms with Crippen molar-refractivity contribution in [2.45, 2.75) is 19.2 Å². The van der Waals surface area contributed by atoms with Gasteiger partial charge in [-0.15, -0.1) is 0 Å². The van der Waals surface area contributed by atoms with Crippen molar-refractivity contribution < 1.29 is 9.00 Å². The van der Waals surface area contributed by atoms with Gasteiger partial charge in [0, 0.05) is 6.92 Å². The van der Waals surface area contributed by atoms with Gasteiger partial charge in [0.05, 0.1) is 22.9 Å². The lowest BCUT2D eigenvalue weighted by molar-refractivity contribution is -0.115. The number of carbonyl (C=O) groups excluding carboxylic acids is 1. The van der Waals surface area contributed by atoms with Gasteiger partial charge in [-0.1, -0.05) is 30.3 Å². The third-order valence-corrected chi connectivity index (χ3v) is 4.47. The number of amides is 1. The van der Waals surface area contributed by atoms with Crippen LogP contribution >= 0.6 is 0 Å². The minimum Gasteiger partial charge on any atom is -0.382 e. The van der Waals surface area contributed by atoms with Gasteiger partial charge in [-0.25, -0.2) is 14.8 Å². The fourth-order valence-electron chi connectivity index (χ4n) is 2.40. The van der Waals surface area contributed by atoms with Gasteiger partial charge in [0.25, 0.3) is 0 Å². The lowest BCUT2D eigenvalue weighted by atomic mass is 10.2. The minimum atomic E-state index is -2.17. The number of benzene rings is 1. The monoisotopic (exact) mass is 360 g/mol. The zero-order valence-corrected chi connectivity index (χ0v) is 14.2. The fraction of sp³-hybridized carbons (Fsp3) is 0.200. The number of rotatable bonds is 4. The maximum absolute atomic E-state index is 12.2. The average Bonchev–Trinajstić information content (AvgIpc) is 2.85. The van der Waals surface area contributed by atoms with E-state index in [4.69, 9.17) is 5.73 Å². The van der Waals surface area contributed by atoms with Crippen LogP contribution in [0.1, 0.15) is 18.3 Å². The highest BCUT2D eigenvalue weighted by molar-refractivity contribution is 7.74. The van der Waals surface area contributed by atoms with Crippen LogP contribution in [-0.2, 0) is 27.7 Å². The summed E-state index contributed by atoms with van der Waals surface area (Å²) >= 11 is 0. The normalized spacial score (nSPS) is 12.5. The van der Waals surface area contributed by atoms with Gasteiger partial charge < -0.3 is 10.7 Å². The molecule has 1 atom stereocenters. The van der Waals surface area contributed by atoms with E-state index in [9.17, 15) is 13.8 Å². The molecule has 3 aromatic rings. The molecule has 1 aromatic carbocycles. The molecular formula is C15H16N6O3S. The second kappa shape index (κ2) is 6.85. The molecule has 2 aromatic heterocycles. The van der Waals surface area contributed by atoms with Crippen molar-refractivity contribution in [1.82, 2.24) is 19.5 Å². The van der Waals surface area contributed by atoms with E-state index in [2.05, 4.69) is 19.3 Å². The molecule has 0 saturated heterocycles. The highest BCUT2D eigenvalue weighted by Crippen LogP contribution is 2.15. The number of H-pyrrole nitrogens is 1. The zero-order valence-electron chi connectivity index (χ0n) is 13.3. The number of hydrogen-bond donors (Lipinski definition) is 3. The lowest BCUT2D eigenvalue weighted by Gasteiger charge is -2.05. The number of hydrogen-bond acceptors (Lipinski definition) is 6. The quantitative estimate of drug-likeness (QED) is 0.578. The first-order valence-electron chi connectivity index (χ1n) is 7.39. The van der Waals surface area contributed by atoms with Crippen LogP contribution in [0, 0.1) is 0 Å². The number of thiol groups is 1. The molecule has 1 unspecified atom stereocenters. The predicted molar refractivity (Wildman–Crippen MR) is 94.5 cm³/mol. The number of fused-ring (bicyclic) bond motifs is 1. The molecule has 0 saturated carbocycles. The molecule has 9 nitrogen and oxygen atoms in total. The van der Waals surface area contributed by atoms with Gasteiger partial charge in [0.2, 0.25) is 5.91 Å². The van der Waals surface area contributed by atoms with E-state index in [0.29, 0.717) is 17.7 Å². The van der Waals surface area contributed by atoms with Crippen molar-refractivity contribution >= 4 is 33.5 Å². The number of aromatic nitrogens is 4. The second-order valence-corrected chi connectivity index (χ2v) is 6.58. The van der Waals surface area contributed by atoms with Crippen molar-refractivity contribution in [2.75, 3.05) is 5.73 Å². The summed E-state index contributed by atoms with van der Waals surface area (Å²) in [4.78, 5) is 34.1. The molecular weight excluding hydrogens is 344 g/mol. The van der Waals surface area contributed by atoms with Crippen LogP contribution in [0.5, 0.6) is 0 Å². The Kier molecular flexibility index (Phi) is 4.61. The first-order chi connectivity index (χ1) is 11.9. The topological polar surface area (TPSA) is 136 Å². The van der Waals surface area contributed by atoms with Crippen molar-refractivity contribution in [1.29, 1.82) is 0 Å². The maximum atomic E-state index is 12.2. The Balaban J connectivity index is 2.06. The van der Waals surface area contributed by atoms with E-state index in [1.54, 1.807) is 0 Å². The highest BCUT2D eigenvalue weighted by Gasteiger charge is 2.14. The number of aromatic amines is 1. The third-order valence-electron chi connectivity index (χ3n) is 3.41. The van der Waals surface area contributed by atoms with E-state index in [1.165, 1.54) is 11.5 Å². The summed E-state index contributed by atoms with van der Waals surface area (Å²) in [5.74, 6) is -0.412.